The summed E-state index contributed by atoms with van der Waals surface area (Å²) in [5.41, 5.74) is 2.40. The highest BCUT2D eigenvalue weighted by atomic mass is 35.5. The molecular formula is C23H34Cl2N6. The number of rotatable bonds is 6. The topological polar surface area (TPSA) is 42.1 Å². The zero-order valence-electron chi connectivity index (χ0n) is 18.1. The summed E-state index contributed by atoms with van der Waals surface area (Å²) in [7, 11) is 0. The molecule has 170 valence electrons. The van der Waals surface area contributed by atoms with Crippen LogP contribution in [0.3, 0.4) is 0 Å². The summed E-state index contributed by atoms with van der Waals surface area (Å²) in [5.74, 6) is 0. The van der Waals surface area contributed by atoms with Gasteiger partial charge >= 0.3 is 0 Å². The van der Waals surface area contributed by atoms with E-state index in [0.29, 0.717) is 0 Å². The van der Waals surface area contributed by atoms with Crippen molar-refractivity contribution in [3.8, 4) is 5.69 Å². The van der Waals surface area contributed by atoms with Gasteiger partial charge in [-0.15, -0.1) is 35.0 Å². The van der Waals surface area contributed by atoms with Gasteiger partial charge in [0.15, 0.2) is 0 Å². The molecule has 1 saturated heterocycles. The van der Waals surface area contributed by atoms with Crippen molar-refractivity contribution in [2.24, 2.45) is 0 Å². The fourth-order valence-corrected chi connectivity index (χ4v) is 5.12. The smallest absolute Gasteiger partial charge is 0.123 e. The highest BCUT2D eigenvalue weighted by Crippen LogP contribution is 2.24. The van der Waals surface area contributed by atoms with E-state index in [4.69, 9.17) is 0 Å². The first-order valence-corrected chi connectivity index (χ1v) is 11.3. The van der Waals surface area contributed by atoms with Crippen molar-refractivity contribution in [2.75, 3.05) is 32.7 Å². The Hall–Kier alpha value is -1.60. The molecule has 0 radical (unpaired) electrons. The van der Waals surface area contributed by atoms with E-state index in [1.54, 1.807) is 12.7 Å². The fraction of sp³-hybridized carbons (Fsp3) is 0.565. The second-order valence-electron chi connectivity index (χ2n) is 8.64. The molecule has 0 amide bonds. The third kappa shape index (κ3) is 5.61. The molecule has 2 fully saturated rings. The lowest BCUT2D eigenvalue weighted by Gasteiger charge is -2.40. The lowest BCUT2D eigenvalue weighted by Crippen LogP contribution is -2.50. The highest BCUT2D eigenvalue weighted by molar-refractivity contribution is 5.85. The van der Waals surface area contributed by atoms with Crippen LogP contribution in [0.4, 0.5) is 0 Å². The van der Waals surface area contributed by atoms with Gasteiger partial charge in [-0.25, -0.2) is 0 Å². The quantitative estimate of drug-likeness (QED) is 0.541. The monoisotopic (exact) mass is 464 g/mol. The van der Waals surface area contributed by atoms with Gasteiger partial charge in [0.05, 0.1) is 11.2 Å². The van der Waals surface area contributed by atoms with Crippen LogP contribution < -0.4 is 0 Å². The molecule has 1 saturated carbocycles. The molecule has 2 aromatic heterocycles. The molecule has 0 N–H and O–H groups in total. The van der Waals surface area contributed by atoms with Crippen molar-refractivity contribution in [3.63, 3.8) is 0 Å². The van der Waals surface area contributed by atoms with E-state index in [1.807, 2.05) is 4.57 Å². The molecule has 1 aliphatic carbocycles. The maximum Gasteiger partial charge on any atom is 0.123 e. The number of aryl methyl sites for hydroxylation is 1. The van der Waals surface area contributed by atoms with Crippen molar-refractivity contribution in [1.29, 1.82) is 0 Å². The Balaban J connectivity index is 0.00000136. The van der Waals surface area contributed by atoms with Gasteiger partial charge in [-0.3, -0.25) is 9.47 Å². The van der Waals surface area contributed by atoms with Crippen LogP contribution in [0.15, 0.2) is 43.1 Å². The van der Waals surface area contributed by atoms with Gasteiger partial charge in [0.2, 0.25) is 0 Å². The first kappa shape index (κ1) is 24.1. The highest BCUT2D eigenvalue weighted by Gasteiger charge is 2.24. The van der Waals surface area contributed by atoms with Crippen LogP contribution in [-0.4, -0.2) is 67.9 Å². The van der Waals surface area contributed by atoms with Crippen LogP contribution in [0.25, 0.3) is 16.6 Å². The molecule has 31 heavy (non-hydrogen) atoms. The van der Waals surface area contributed by atoms with Crippen molar-refractivity contribution in [2.45, 2.75) is 51.1 Å². The van der Waals surface area contributed by atoms with Crippen molar-refractivity contribution < 1.29 is 0 Å². The molecule has 0 spiro atoms. The number of benzene rings is 1. The average molecular weight is 465 g/mol. The van der Waals surface area contributed by atoms with Gasteiger partial charge in [-0.1, -0.05) is 25.3 Å². The molecule has 3 heterocycles. The lowest BCUT2D eigenvalue weighted by molar-refractivity contribution is 0.0779. The number of hydrogen-bond donors (Lipinski definition) is 0. The number of piperazine rings is 1. The molecular weight excluding hydrogens is 431 g/mol. The van der Waals surface area contributed by atoms with Crippen LogP contribution >= 0.6 is 24.8 Å². The SMILES string of the molecule is Cl.Cl.c1cc2ccn(CCCN3CCN(C4CCCCC4)CC3)c2cc1-n1cnnc1. The predicted molar refractivity (Wildman–Crippen MR) is 131 cm³/mol. The van der Waals surface area contributed by atoms with Gasteiger partial charge < -0.3 is 9.47 Å². The van der Waals surface area contributed by atoms with Crippen LogP contribution in [-0.2, 0) is 6.54 Å². The van der Waals surface area contributed by atoms with E-state index in [1.165, 1.54) is 82.2 Å². The molecule has 1 aliphatic heterocycles. The summed E-state index contributed by atoms with van der Waals surface area (Å²) >= 11 is 0. The first-order valence-electron chi connectivity index (χ1n) is 11.3. The number of nitrogens with zero attached hydrogens (tertiary/aromatic N) is 6. The Morgan fingerprint density at radius 3 is 2.32 bits per heavy atom. The predicted octanol–water partition coefficient (Wildman–Crippen LogP) is 4.41. The van der Waals surface area contributed by atoms with Crippen molar-refractivity contribution in [1.82, 2.24) is 29.1 Å². The number of hydrogen-bond acceptors (Lipinski definition) is 4. The Kier molecular flexibility index (Phi) is 8.78. The normalized spacial score (nSPS) is 18.6. The maximum atomic E-state index is 3.92. The van der Waals surface area contributed by atoms with E-state index < -0.39 is 0 Å². The number of halogens is 2. The van der Waals surface area contributed by atoms with E-state index in [-0.39, 0.29) is 24.8 Å². The molecule has 6 nitrogen and oxygen atoms in total. The molecule has 3 aromatic rings. The van der Waals surface area contributed by atoms with E-state index in [2.05, 4.69) is 55.0 Å². The van der Waals surface area contributed by atoms with Crippen molar-refractivity contribution >= 4 is 35.7 Å². The molecule has 2 aliphatic rings. The van der Waals surface area contributed by atoms with Gasteiger partial charge in [0, 0.05) is 45.0 Å². The zero-order chi connectivity index (χ0) is 19.5. The molecule has 0 unspecified atom stereocenters. The summed E-state index contributed by atoms with van der Waals surface area (Å²) in [5, 5.41) is 9.14. The Bertz CT molecular complexity index is 911. The second-order valence-corrected chi connectivity index (χ2v) is 8.64. The lowest BCUT2D eigenvalue weighted by atomic mass is 9.94. The van der Waals surface area contributed by atoms with Crippen LogP contribution in [0, 0.1) is 0 Å². The zero-order valence-corrected chi connectivity index (χ0v) is 19.7. The van der Waals surface area contributed by atoms with E-state index in [0.717, 1.165) is 18.3 Å². The Morgan fingerprint density at radius 2 is 1.58 bits per heavy atom. The molecule has 5 rings (SSSR count). The summed E-state index contributed by atoms with van der Waals surface area (Å²) in [6.07, 6.45) is 14.1. The summed E-state index contributed by atoms with van der Waals surface area (Å²) in [6, 6.07) is 9.64. The minimum absolute atomic E-state index is 0. The minimum atomic E-state index is 0. The summed E-state index contributed by atoms with van der Waals surface area (Å²) in [6.45, 7) is 7.27. The van der Waals surface area contributed by atoms with Crippen LogP contribution in [0.2, 0.25) is 0 Å². The van der Waals surface area contributed by atoms with Crippen molar-refractivity contribution in [3.05, 3.63) is 43.1 Å². The van der Waals surface area contributed by atoms with Gasteiger partial charge in [0.1, 0.15) is 12.7 Å². The van der Waals surface area contributed by atoms with Gasteiger partial charge in [0.25, 0.3) is 0 Å². The summed E-state index contributed by atoms with van der Waals surface area (Å²) < 4.78 is 4.35. The molecule has 0 atom stereocenters. The third-order valence-corrected chi connectivity index (χ3v) is 6.85. The summed E-state index contributed by atoms with van der Waals surface area (Å²) in [4.78, 5) is 5.43. The Labute approximate surface area is 197 Å². The van der Waals surface area contributed by atoms with E-state index in [9.17, 15) is 0 Å². The van der Waals surface area contributed by atoms with Crippen LogP contribution in [0.5, 0.6) is 0 Å². The van der Waals surface area contributed by atoms with Gasteiger partial charge in [-0.2, -0.15) is 0 Å². The van der Waals surface area contributed by atoms with Crippen LogP contribution in [0.1, 0.15) is 38.5 Å². The standard InChI is InChI=1S/C23H32N6.2ClH/c1-2-5-21(6-3-1)27-15-13-26(14-16-27)10-4-11-28-12-9-20-7-8-22(17-23(20)28)29-18-24-25-19-29;;/h7-9,12,17-19,21H,1-6,10-11,13-16H2;2*1H. The largest absolute Gasteiger partial charge is 0.347 e. The average Bonchev–Trinajstić information content (AvgIpc) is 3.45. The molecule has 8 heteroatoms. The molecule has 0 bridgehead atoms. The maximum absolute atomic E-state index is 3.92. The first-order chi connectivity index (χ1) is 14.4. The third-order valence-electron chi connectivity index (χ3n) is 6.85. The van der Waals surface area contributed by atoms with E-state index >= 15 is 0 Å². The Morgan fingerprint density at radius 1 is 0.839 bits per heavy atom. The minimum Gasteiger partial charge on any atom is -0.347 e. The number of aromatic nitrogens is 4. The fourth-order valence-electron chi connectivity index (χ4n) is 5.12. The second kappa shape index (κ2) is 11.3. The van der Waals surface area contributed by atoms with Gasteiger partial charge in [-0.05, 0) is 49.4 Å². The number of fused-ring (bicyclic) bond motifs is 1. The molecule has 1 aromatic carbocycles.